The molecule has 1 aliphatic heterocycles. The minimum absolute atomic E-state index is 0.0387. The summed E-state index contributed by atoms with van der Waals surface area (Å²) in [5.74, 6) is 0.791. The third-order valence-electron chi connectivity index (χ3n) is 5.53. The van der Waals surface area contributed by atoms with E-state index in [0.29, 0.717) is 6.61 Å². The van der Waals surface area contributed by atoms with Gasteiger partial charge in [-0.3, -0.25) is 10.2 Å². The summed E-state index contributed by atoms with van der Waals surface area (Å²) in [5, 5.41) is 15.1. The molecule has 1 aliphatic carbocycles. The molecule has 1 fully saturated rings. The lowest BCUT2D eigenvalue weighted by Gasteiger charge is -2.32. The van der Waals surface area contributed by atoms with Crippen LogP contribution < -0.4 is 10.8 Å². The summed E-state index contributed by atoms with van der Waals surface area (Å²) in [6.45, 7) is 4.65. The molecule has 0 bridgehead atoms. The molecule has 0 radical (unpaired) electrons. The Morgan fingerprint density at radius 2 is 2.08 bits per heavy atom. The Hall–Kier alpha value is -1.24. The van der Waals surface area contributed by atoms with Crippen molar-refractivity contribution in [2.45, 2.75) is 57.7 Å². The Kier molecular flexibility index (Phi) is 7.65. The molecule has 0 saturated carbocycles. The molecular formula is C21H33N3O2. The van der Waals surface area contributed by atoms with E-state index >= 15 is 0 Å². The average Bonchev–Trinajstić information content (AvgIpc) is 2.78. The van der Waals surface area contributed by atoms with Gasteiger partial charge in [0.1, 0.15) is 6.17 Å². The van der Waals surface area contributed by atoms with E-state index in [4.69, 9.17) is 4.84 Å². The summed E-state index contributed by atoms with van der Waals surface area (Å²) in [6, 6.07) is 10.6. The summed E-state index contributed by atoms with van der Waals surface area (Å²) in [7, 11) is 0. The van der Waals surface area contributed by atoms with Crippen molar-refractivity contribution in [1.82, 2.24) is 15.9 Å². The third kappa shape index (κ3) is 5.63. The number of allylic oxidation sites excluding steroid dienone is 1. The van der Waals surface area contributed by atoms with Gasteiger partial charge in [-0.1, -0.05) is 43.3 Å². The van der Waals surface area contributed by atoms with Crippen LogP contribution in [0.25, 0.3) is 0 Å². The second-order valence-electron chi connectivity index (χ2n) is 7.68. The predicted molar refractivity (Wildman–Crippen MR) is 104 cm³/mol. The van der Waals surface area contributed by atoms with Gasteiger partial charge < -0.3 is 5.21 Å². The lowest BCUT2D eigenvalue weighted by molar-refractivity contribution is -0.190. The number of hydrogen-bond acceptors (Lipinski definition) is 5. The first-order chi connectivity index (χ1) is 12.8. The Labute approximate surface area is 157 Å². The third-order valence-corrected chi connectivity index (χ3v) is 5.53. The number of hydroxylamine groups is 3. The molecule has 144 valence electrons. The first kappa shape index (κ1) is 19.5. The minimum atomic E-state index is 0.0387. The summed E-state index contributed by atoms with van der Waals surface area (Å²) in [4.78, 5) is 6.30. The van der Waals surface area contributed by atoms with Crippen LogP contribution in [0.15, 0.2) is 42.0 Å². The van der Waals surface area contributed by atoms with Crippen molar-refractivity contribution in [2.75, 3.05) is 19.7 Å². The monoisotopic (exact) mass is 359 g/mol. The predicted octanol–water partition coefficient (Wildman–Crippen LogP) is 3.79. The Balaban J connectivity index is 1.70. The van der Waals surface area contributed by atoms with E-state index < -0.39 is 0 Å². The van der Waals surface area contributed by atoms with Crippen LogP contribution in [0.5, 0.6) is 0 Å². The minimum Gasteiger partial charge on any atom is -0.317 e. The fourth-order valence-corrected chi connectivity index (χ4v) is 3.75. The topological polar surface area (TPSA) is 56.8 Å². The van der Waals surface area contributed by atoms with Crippen LogP contribution in [0.4, 0.5) is 0 Å². The summed E-state index contributed by atoms with van der Waals surface area (Å²) in [6.07, 6.45) is 8.79. The average molecular weight is 360 g/mol. The second kappa shape index (κ2) is 10.2. The maximum atomic E-state index is 9.39. The molecule has 5 heteroatoms. The molecule has 5 nitrogen and oxygen atoms in total. The van der Waals surface area contributed by atoms with E-state index in [2.05, 4.69) is 53.1 Å². The molecule has 3 rings (SSSR count). The van der Waals surface area contributed by atoms with Crippen LogP contribution in [0.1, 0.15) is 57.2 Å². The lowest BCUT2D eigenvalue weighted by Crippen LogP contribution is -2.40. The van der Waals surface area contributed by atoms with Crippen molar-refractivity contribution in [2.24, 2.45) is 5.92 Å². The van der Waals surface area contributed by atoms with Crippen molar-refractivity contribution < 1.29 is 10.0 Å². The van der Waals surface area contributed by atoms with E-state index in [0.717, 1.165) is 51.1 Å². The highest BCUT2D eigenvalue weighted by atomic mass is 16.7. The summed E-state index contributed by atoms with van der Waals surface area (Å²) in [5.41, 5.74) is 5.09. The van der Waals surface area contributed by atoms with E-state index in [9.17, 15) is 5.21 Å². The molecule has 3 unspecified atom stereocenters. The van der Waals surface area contributed by atoms with Crippen molar-refractivity contribution in [1.29, 1.82) is 0 Å². The van der Waals surface area contributed by atoms with E-state index in [-0.39, 0.29) is 12.2 Å². The molecule has 3 atom stereocenters. The molecule has 26 heavy (non-hydrogen) atoms. The fourth-order valence-electron chi connectivity index (χ4n) is 3.75. The van der Waals surface area contributed by atoms with Gasteiger partial charge in [0.05, 0.1) is 6.61 Å². The van der Waals surface area contributed by atoms with Crippen LogP contribution in [0.2, 0.25) is 0 Å². The van der Waals surface area contributed by atoms with E-state index in [1.165, 1.54) is 17.6 Å². The quantitative estimate of drug-likeness (QED) is 0.552. The van der Waals surface area contributed by atoms with Crippen molar-refractivity contribution in [3.63, 3.8) is 0 Å². The molecular weight excluding hydrogens is 326 g/mol. The van der Waals surface area contributed by atoms with E-state index in [1.807, 2.05) is 6.07 Å². The Morgan fingerprint density at radius 1 is 1.23 bits per heavy atom. The first-order valence-electron chi connectivity index (χ1n) is 10.0. The standard InChI is InChI=1S/C21H33N3O2/c1-17-9-11-18(12-10-17)16-26-24-15-13-20(23-25)8-5-14-22-21(24)19-6-3-2-4-7-19/h2-4,6-7,11,17,20-23,25H,5,8-10,12-16H2,1H3. The van der Waals surface area contributed by atoms with Crippen LogP contribution in [0, 0.1) is 5.92 Å². The SMILES string of the molecule is CC1CC=C(CON2CCC(NO)CCCNC2c2ccccc2)CC1. The largest absolute Gasteiger partial charge is 0.317 e. The number of benzene rings is 1. The zero-order valence-electron chi connectivity index (χ0n) is 15.9. The zero-order chi connectivity index (χ0) is 18.2. The molecule has 1 aromatic rings. The van der Waals surface area contributed by atoms with Gasteiger partial charge in [0.15, 0.2) is 0 Å². The van der Waals surface area contributed by atoms with Crippen molar-refractivity contribution in [3.8, 4) is 0 Å². The van der Waals surface area contributed by atoms with Gasteiger partial charge in [-0.15, -0.1) is 0 Å². The number of hydrogen-bond donors (Lipinski definition) is 3. The van der Waals surface area contributed by atoms with E-state index in [1.54, 1.807) is 0 Å². The van der Waals surface area contributed by atoms with Crippen LogP contribution in [-0.2, 0) is 4.84 Å². The molecule has 0 amide bonds. The highest BCUT2D eigenvalue weighted by Crippen LogP contribution is 2.25. The van der Waals surface area contributed by atoms with Crippen molar-refractivity contribution >= 4 is 0 Å². The highest BCUT2D eigenvalue weighted by molar-refractivity contribution is 5.18. The Morgan fingerprint density at radius 3 is 2.81 bits per heavy atom. The van der Waals surface area contributed by atoms with Gasteiger partial charge in [0, 0.05) is 12.6 Å². The fraction of sp³-hybridized carbons (Fsp3) is 0.619. The van der Waals surface area contributed by atoms with Crippen molar-refractivity contribution in [3.05, 3.63) is 47.5 Å². The van der Waals surface area contributed by atoms with Gasteiger partial charge >= 0.3 is 0 Å². The molecule has 0 spiro atoms. The normalized spacial score (nSPS) is 28.7. The van der Waals surface area contributed by atoms with Crippen LogP contribution in [-0.4, -0.2) is 36.0 Å². The molecule has 2 aliphatic rings. The number of nitrogens with one attached hydrogen (secondary N) is 2. The van der Waals surface area contributed by atoms with Crippen LogP contribution in [0.3, 0.4) is 0 Å². The van der Waals surface area contributed by atoms with Gasteiger partial charge in [-0.05, 0) is 62.1 Å². The maximum Gasteiger partial charge on any atom is 0.110 e. The molecule has 0 aromatic heterocycles. The second-order valence-corrected chi connectivity index (χ2v) is 7.68. The lowest BCUT2D eigenvalue weighted by atomic mass is 9.91. The Bertz CT molecular complexity index is 564. The van der Waals surface area contributed by atoms with Gasteiger partial charge in [-0.25, -0.2) is 5.48 Å². The molecule has 3 N–H and O–H groups in total. The van der Waals surface area contributed by atoms with Gasteiger partial charge in [-0.2, -0.15) is 5.06 Å². The zero-order valence-corrected chi connectivity index (χ0v) is 15.9. The number of rotatable bonds is 5. The summed E-state index contributed by atoms with van der Waals surface area (Å²) >= 11 is 0. The highest BCUT2D eigenvalue weighted by Gasteiger charge is 2.24. The van der Waals surface area contributed by atoms with Gasteiger partial charge in [0.2, 0.25) is 0 Å². The molecule has 1 heterocycles. The molecule has 1 aromatic carbocycles. The number of nitrogens with zero attached hydrogens (tertiary/aromatic N) is 1. The first-order valence-corrected chi connectivity index (χ1v) is 10.0. The smallest absolute Gasteiger partial charge is 0.110 e. The van der Waals surface area contributed by atoms with Crippen LogP contribution >= 0.6 is 0 Å². The molecule has 1 saturated heterocycles. The maximum absolute atomic E-state index is 9.39. The van der Waals surface area contributed by atoms with Gasteiger partial charge in [0.25, 0.3) is 0 Å². The summed E-state index contributed by atoms with van der Waals surface area (Å²) < 4.78 is 0.